The zero-order chi connectivity index (χ0) is 16.3. The van der Waals surface area contributed by atoms with Crippen molar-refractivity contribution in [2.24, 2.45) is 5.73 Å². The van der Waals surface area contributed by atoms with Crippen LogP contribution in [0, 0.1) is 0 Å². The lowest BCUT2D eigenvalue weighted by atomic mass is 10.1. The molecular weight excluding hydrogens is 302 g/mol. The molecule has 0 radical (unpaired) electrons. The van der Waals surface area contributed by atoms with E-state index in [2.05, 4.69) is 0 Å². The first-order chi connectivity index (χ1) is 10.4. The molecule has 122 valence electrons. The Balaban J connectivity index is 2.27. The van der Waals surface area contributed by atoms with E-state index in [1.807, 2.05) is 0 Å². The smallest absolute Gasteiger partial charge is 0.253 e. The number of benzene rings is 1. The van der Waals surface area contributed by atoms with Crippen LogP contribution >= 0.6 is 0 Å². The maximum absolute atomic E-state index is 12.7. The Hall–Kier alpha value is -1.44. The molecule has 22 heavy (non-hydrogen) atoms. The van der Waals surface area contributed by atoms with Crippen molar-refractivity contribution in [3.05, 3.63) is 29.8 Å². The van der Waals surface area contributed by atoms with Gasteiger partial charge in [-0.1, -0.05) is 6.42 Å². The van der Waals surface area contributed by atoms with E-state index in [-0.39, 0.29) is 16.8 Å². The summed E-state index contributed by atoms with van der Waals surface area (Å²) in [6.45, 7) is 0.832. The molecular formula is C15H23N3O3S. The molecule has 1 atom stereocenters. The molecule has 2 rings (SSSR count). The molecule has 1 heterocycles. The normalized spacial score (nSPS) is 19.9. The molecule has 0 saturated carbocycles. The van der Waals surface area contributed by atoms with Crippen molar-refractivity contribution in [3.8, 4) is 0 Å². The Labute approximate surface area is 131 Å². The lowest BCUT2D eigenvalue weighted by molar-refractivity contribution is 0.0827. The van der Waals surface area contributed by atoms with E-state index < -0.39 is 10.0 Å². The number of hydrogen-bond donors (Lipinski definition) is 1. The van der Waals surface area contributed by atoms with E-state index in [0.29, 0.717) is 18.7 Å². The highest BCUT2D eigenvalue weighted by atomic mass is 32.2. The average Bonchev–Trinajstić information content (AvgIpc) is 2.54. The molecule has 1 aliphatic heterocycles. The molecule has 1 amide bonds. The van der Waals surface area contributed by atoms with Crippen LogP contribution in [0.25, 0.3) is 0 Å². The minimum Gasteiger partial charge on any atom is -0.345 e. The molecule has 6 nitrogen and oxygen atoms in total. The van der Waals surface area contributed by atoms with Gasteiger partial charge in [-0.05, 0) is 37.1 Å². The van der Waals surface area contributed by atoms with E-state index in [9.17, 15) is 13.2 Å². The van der Waals surface area contributed by atoms with Gasteiger partial charge in [0.1, 0.15) is 0 Å². The van der Waals surface area contributed by atoms with Crippen molar-refractivity contribution >= 4 is 15.9 Å². The standard InChI is InChI=1S/C15H23N3O3S/c1-17(2)15(19)12-6-8-14(9-7-12)22(20,21)18-10-4-3-5-13(18)11-16/h6-9,13H,3-5,10-11,16H2,1-2H3. The second-order valence-corrected chi connectivity index (χ2v) is 7.62. The molecule has 1 aromatic rings. The summed E-state index contributed by atoms with van der Waals surface area (Å²) >= 11 is 0. The first kappa shape index (κ1) is 16.9. The predicted octanol–water partition coefficient (Wildman–Crippen LogP) is 0.890. The molecule has 1 aliphatic rings. The zero-order valence-corrected chi connectivity index (χ0v) is 13.8. The highest BCUT2D eigenvalue weighted by Gasteiger charge is 2.32. The molecule has 7 heteroatoms. The SMILES string of the molecule is CN(C)C(=O)c1ccc(S(=O)(=O)N2CCCCC2CN)cc1. The largest absolute Gasteiger partial charge is 0.345 e. The second-order valence-electron chi connectivity index (χ2n) is 5.73. The van der Waals surface area contributed by atoms with Crippen molar-refractivity contribution < 1.29 is 13.2 Å². The Morgan fingerprint density at radius 2 is 1.91 bits per heavy atom. The fourth-order valence-corrected chi connectivity index (χ4v) is 4.39. The van der Waals surface area contributed by atoms with E-state index in [0.717, 1.165) is 19.3 Å². The van der Waals surface area contributed by atoms with Gasteiger partial charge in [-0.15, -0.1) is 0 Å². The molecule has 1 aromatic carbocycles. The zero-order valence-electron chi connectivity index (χ0n) is 13.0. The highest BCUT2D eigenvalue weighted by Crippen LogP contribution is 2.25. The lowest BCUT2D eigenvalue weighted by Crippen LogP contribution is -2.47. The van der Waals surface area contributed by atoms with Crippen LogP contribution in [0.4, 0.5) is 0 Å². The fraction of sp³-hybridized carbons (Fsp3) is 0.533. The Kier molecular flexibility index (Phi) is 5.20. The van der Waals surface area contributed by atoms with Crippen LogP contribution < -0.4 is 5.73 Å². The minimum absolute atomic E-state index is 0.137. The van der Waals surface area contributed by atoms with E-state index in [4.69, 9.17) is 5.73 Å². The van der Waals surface area contributed by atoms with Gasteiger partial charge in [0.05, 0.1) is 4.90 Å². The molecule has 0 spiro atoms. The Morgan fingerprint density at radius 3 is 2.45 bits per heavy atom. The molecule has 0 bridgehead atoms. The van der Waals surface area contributed by atoms with Gasteiger partial charge in [-0.3, -0.25) is 4.79 Å². The number of piperidine rings is 1. The highest BCUT2D eigenvalue weighted by molar-refractivity contribution is 7.89. The van der Waals surface area contributed by atoms with Crippen molar-refractivity contribution in [2.45, 2.75) is 30.2 Å². The topological polar surface area (TPSA) is 83.7 Å². The van der Waals surface area contributed by atoms with Crippen molar-refractivity contribution in [1.29, 1.82) is 0 Å². The van der Waals surface area contributed by atoms with Gasteiger partial charge in [-0.25, -0.2) is 8.42 Å². The van der Waals surface area contributed by atoms with Gasteiger partial charge in [0.25, 0.3) is 5.91 Å². The molecule has 0 aliphatic carbocycles. The Bertz CT molecular complexity index is 626. The van der Waals surface area contributed by atoms with Crippen LogP contribution in [0.2, 0.25) is 0 Å². The second kappa shape index (κ2) is 6.76. The predicted molar refractivity (Wildman–Crippen MR) is 85.0 cm³/mol. The van der Waals surface area contributed by atoms with E-state index in [1.165, 1.54) is 21.3 Å². The maximum Gasteiger partial charge on any atom is 0.253 e. The number of nitrogens with zero attached hydrogens (tertiary/aromatic N) is 2. The Morgan fingerprint density at radius 1 is 1.27 bits per heavy atom. The van der Waals surface area contributed by atoms with Gasteiger partial charge in [0.15, 0.2) is 0 Å². The van der Waals surface area contributed by atoms with Gasteiger partial charge in [0, 0.05) is 38.8 Å². The maximum atomic E-state index is 12.7. The number of nitrogens with two attached hydrogens (primary N) is 1. The summed E-state index contributed by atoms with van der Waals surface area (Å²) in [4.78, 5) is 13.5. The number of hydrogen-bond acceptors (Lipinski definition) is 4. The first-order valence-electron chi connectivity index (χ1n) is 7.41. The van der Waals surface area contributed by atoms with Crippen LogP contribution in [0.1, 0.15) is 29.6 Å². The van der Waals surface area contributed by atoms with Crippen LogP contribution in [-0.4, -0.2) is 56.8 Å². The summed E-state index contributed by atoms with van der Waals surface area (Å²) in [5.74, 6) is -0.151. The number of amides is 1. The summed E-state index contributed by atoms with van der Waals surface area (Å²) in [7, 11) is -0.239. The van der Waals surface area contributed by atoms with E-state index in [1.54, 1.807) is 26.2 Å². The van der Waals surface area contributed by atoms with Gasteiger partial charge >= 0.3 is 0 Å². The molecule has 1 saturated heterocycles. The van der Waals surface area contributed by atoms with Gasteiger partial charge in [0.2, 0.25) is 10.0 Å². The minimum atomic E-state index is -3.56. The third kappa shape index (κ3) is 3.31. The molecule has 0 aromatic heterocycles. The molecule has 1 fully saturated rings. The number of carbonyl (C=O) groups excluding carboxylic acids is 1. The lowest BCUT2D eigenvalue weighted by Gasteiger charge is -2.33. The third-order valence-electron chi connectivity index (χ3n) is 3.96. The number of rotatable bonds is 4. The van der Waals surface area contributed by atoms with Crippen molar-refractivity contribution in [2.75, 3.05) is 27.2 Å². The summed E-state index contributed by atoms with van der Waals surface area (Å²) in [6.07, 6.45) is 2.66. The van der Waals surface area contributed by atoms with Crippen LogP contribution in [0.15, 0.2) is 29.2 Å². The average molecular weight is 325 g/mol. The van der Waals surface area contributed by atoms with Gasteiger partial charge < -0.3 is 10.6 Å². The molecule has 2 N–H and O–H groups in total. The van der Waals surface area contributed by atoms with Crippen LogP contribution in [-0.2, 0) is 10.0 Å². The van der Waals surface area contributed by atoms with Crippen molar-refractivity contribution in [3.63, 3.8) is 0 Å². The fourth-order valence-electron chi connectivity index (χ4n) is 2.69. The van der Waals surface area contributed by atoms with Crippen LogP contribution in [0.3, 0.4) is 0 Å². The van der Waals surface area contributed by atoms with Crippen molar-refractivity contribution in [1.82, 2.24) is 9.21 Å². The van der Waals surface area contributed by atoms with E-state index >= 15 is 0 Å². The molecule has 1 unspecified atom stereocenters. The summed E-state index contributed by atoms with van der Waals surface area (Å²) < 4.78 is 27.0. The third-order valence-corrected chi connectivity index (χ3v) is 5.93. The monoisotopic (exact) mass is 325 g/mol. The number of carbonyl (C=O) groups is 1. The summed E-state index contributed by atoms with van der Waals surface area (Å²) in [6, 6.07) is 5.96. The van der Waals surface area contributed by atoms with Crippen LogP contribution in [0.5, 0.6) is 0 Å². The summed E-state index contributed by atoms with van der Waals surface area (Å²) in [5.41, 5.74) is 6.18. The van der Waals surface area contributed by atoms with Gasteiger partial charge in [-0.2, -0.15) is 4.31 Å². The number of sulfonamides is 1. The quantitative estimate of drug-likeness (QED) is 0.891. The first-order valence-corrected chi connectivity index (χ1v) is 8.85. The summed E-state index contributed by atoms with van der Waals surface area (Å²) in [5, 5.41) is 0.